The number of fused-ring (bicyclic) bond motifs is 1. The van der Waals surface area contributed by atoms with E-state index in [4.69, 9.17) is 0 Å². The molecule has 1 aliphatic rings. The number of anilines is 2. The van der Waals surface area contributed by atoms with Crippen LogP contribution in [0.5, 0.6) is 0 Å². The lowest BCUT2D eigenvalue weighted by atomic mass is 10.2. The van der Waals surface area contributed by atoms with Crippen LogP contribution < -0.4 is 9.80 Å². The van der Waals surface area contributed by atoms with Crippen molar-refractivity contribution in [1.82, 2.24) is 0 Å². The Kier molecular flexibility index (Phi) is 6.15. The third-order valence-corrected chi connectivity index (χ3v) is 3.95. The lowest BCUT2D eigenvalue weighted by Gasteiger charge is -2.25. The van der Waals surface area contributed by atoms with Gasteiger partial charge >= 0.3 is 0 Å². The van der Waals surface area contributed by atoms with Crippen molar-refractivity contribution in [2.75, 3.05) is 22.9 Å². The Morgan fingerprint density at radius 1 is 0.913 bits per heavy atom. The van der Waals surface area contributed by atoms with E-state index in [0.29, 0.717) is 38.8 Å². The molecule has 23 heavy (non-hydrogen) atoms. The Labute approximate surface area is 138 Å². The third kappa shape index (κ3) is 4.09. The summed E-state index contributed by atoms with van der Waals surface area (Å²) in [6.45, 7) is 8.62. The maximum atomic E-state index is 12.5. The Morgan fingerprint density at radius 2 is 1.35 bits per heavy atom. The normalized spacial score (nSPS) is 13.9. The van der Waals surface area contributed by atoms with Crippen molar-refractivity contribution in [2.45, 2.75) is 32.1 Å². The van der Waals surface area contributed by atoms with E-state index in [-0.39, 0.29) is 11.8 Å². The minimum absolute atomic E-state index is 0.0812. The minimum Gasteiger partial charge on any atom is -0.310 e. The summed E-state index contributed by atoms with van der Waals surface area (Å²) in [6, 6.07) is 7.65. The first-order chi connectivity index (χ1) is 11.2. The molecular formula is C19H24N2O2. The molecule has 2 rings (SSSR count). The number of para-hydroxylation sites is 2. The lowest BCUT2D eigenvalue weighted by Crippen LogP contribution is -2.31. The smallest absolute Gasteiger partial charge is 0.227 e. The number of hydrogen-bond acceptors (Lipinski definition) is 2. The highest BCUT2D eigenvalue weighted by atomic mass is 16.2. The first kappa shape index (κ1) is 17.0. The fourth-order valence-electron chi connectivity index (χ4n) is 2.79. The molecule has 1 aliphatic heterocycles. The van der Waals surface area contributed by atoms with E-state index >= 15 is 0 Å². The second kappa shape index (κ2) is 8.32. The van der Waals surface area contributed by atoms with E-state index in [9.17, 15) is 9.59 Å². The highest BCUT2D eigenvalue weighted by molar-refractivity contribution is 6.02. The van der Waals surface area contributed by atoms with E-state index < -0.39 is 0 Å². The largest absolute Gasteiger partial charge is 0.310 e. The Hall–Kier alpha value is -2.36. The van der Waals surface area contributed by atoms with Crippen molar-refractivity contribution >= 4 is 23.2 Å². The second-order valence-corrected chi connectivity index (χ2v) is 5.59. The molecule has 0 unspecified atom stereocenters. The number of carbonyl (C=O) groups excluding carboxylic acids is 2. The number of hydrogen-bond donors (Lipinski definition) is 0. The summed E-state index contributed by atoms with van der Waals surface area (Å²) in [4.78, 5) is 28.6. The van der Waals surface area contributed by atoms with Gasteiger partial charge in [-0.3, -0.25) is 9.59 Å². The van der Waals surface area contributed by atoms with Gasteiger partial charge in [-0.15, -0.1) is 13.2 Å². The van der Waals surface area contributed by atoms with Crippen molar-refractivity contribution in [3.63, 3.8) is 0 Å². The van der Waals surface area contributed by atoms with Crippen molar-refractivity contribution in [1.29, 1.82) is 0 Å². The van der Waals surface area contributed by atoms with Crippen molar-refractivity contribution < 1.29 is 9.59 Å². The molecule has 2 amide bonds. The maximum absolute atomic E-state index is 12.5. The van der Waals surface area contributed by atoms with Gasteiger partial charge < -0.3 is 9.80 Å². The monoisotopic (exact) mass is 312 g/mol. The summed E-state index contributed by atoms with van der Waals surface area (Å²) < 4.78 is 0. The standard InChI is InChI=1S/C19H24N2O2/c1-3-5-12-18(22)20-14-9-15-21(19(23)13-6-4-2)17-11-8-7-10-16(17)20/h3-4,7-8,10-11H,1-2,5-6,9,12-15H2. The number of amides is 2. The van der Waals surface area contributed by atoms with Gasteiger partial charge in [0.05, 0.1) is 11.4 Å². The molecule has 4 heteroatoms. The molecule has 122 valence electrons. The van der Waals surface area contributed by atoms with Gasteiger partial charge in [0.15, 0.2) is 0 Å². The van der Waals surface area contributed by atoms with Crippen LogP contribution in [0.2, 0.25) is 0 Å². The van der Waals surface area contributed by atoms with Crippen LogP contribution in [0.4, 0.5) is 11.4 Å². The van der Waals surface area contributed by atoms with Gasteiger partial charge in [-0.05, 0) is 31.4 Å². The van der Waals surface area contributed by atoms with E-state index in [1.165, 1.54) is 0 Å². The van der Waals surface area contributed by atoms with E-state index in [1.54, 1.807) is 22.0 Å². The van der Waals surface area contributed by atoms with Crippen LogP contribution in [0.25, 0.3) is 0 Å². The van der Waals surface area contributed by atoms with Gasteiger partial charge in [-0.2, -0.15) is 0 Å². The Balaban J connectivity index is 2.29. The molecular weight excluding hydrogens is 288 g/mol. The Morgan fingerprint density at radius 3 is 1.74 bits per heavy atom. The zero-order chi connectivity index (χ0) is 16.7. The number of nitrogens with zero attached hydrogens (tertiary/aromatic N) is 2. The van der Waals surface area contributed by atoms with Crippen LogP contribution in [0.1, 0.15) is 32.1 Å². The molecule has 0 spiro atoms. The van der Waals surface area contributed by atoms with Crippen LogP contribution in [0.3, 0.4) is 0 Å². The van der Waals surface area contributed by atoms with Crippen LogP contribution in [0, 0.1) is 0 Å². The van der Waals surface area contributed by atoms with Gasteiger partial charge in [-0.1, -0.05) is 24.3 Å². The number of rotatable bonds is 6. The number of carbonyl (C=O) groups is 2. The summed E-state index contributed by atoms with van der Waals surface area (Å²) in [5, 5.41) is 0. The summed E-state index contributed by atoms with van der Waals surface area (Å²) >= 11 is 0. The molecule has 0 N–H and O–H groups in total. The fraction of sp³-hybridized carbons (Fsp3) is 0.368. The first-order valence-corrected chi connectivity index (χ1v) is 8.10. The fourth-order valence-corrected chi connectivity index (χ4v) is 2.79. The van der Waals surface area contributed by atoms with Gasteiger partial charge in [0.2, 0.25) is 11.8 Å². The maximum Gasteiger partial charge on any atom is 0.227 e. The van der Waals surface area contributed by atoms with E-state index in [1.807, 2.05) is 24.3 Å². The topological polar surface area (TPSA) is 40.6 Å². The molecule has 0 aliphatic carbocycles. The van der Waals surface area contributed by atoms with Crippen LogP contribution in [0.15, 0.2) is 49.6 Å². The van der Waals surface area contributed by atoms with Gasteiger partial charge in [0, 0.05) is 25.9 Å². The number of benzene rings is 1. The molecule has 0 bridgehead atoms. The Bertz CT molecular complexity index is 544. The van der Waals surface area contributed by atoms with Crippen molar-refractivity contribution in [2.24, 2.45) is 0 Å². The third-order valence-electron chi connectivity index (χ3n) is 3.95. The molecule has 4 nitrogen and oxygen atoms in total. The van der Waals surface area contributed by atoms with Crippen molar-refractivity contribution in [3.05, 3.63) is 49.6 Å². The highest BCUT2D eigenvalue weighted by Gasteiger charge is 2.26. The average molecular weight is 312 g/mol. The molecule has 0 aromatic heterocycles. The molecule has 0 saturated heterocycles. The molecule has 0 radical (unpaired) electrons. The second-order valence-electron chi connectivity index (χ2n) is 5.59. The van der Waals surface area contributed by atoms with E-state index in [0.717, 1.165) is 17.8 Å². The molecule has 0 saturated carbocycles. The van der Waals surface area contributed by atoms with Crippen LogP contribution >= 0.6 is 0 Å². The first-order valence-electron chi connectivity index (χ1n) is 8.10. The number of allylic oxidation sites excluding steroid dienone is 2. The molecule has 0 atom stereocenters. The van der Waals surface area contributed by atoms with Gasteiger partial charge in [-0.25, -0.2) is 0 Å². The molecule has 1 aromatic rings. The summed E-state index contributed by atoms with van der Waals surface area (Å²) in [5.41, 5.74) is 1.65. The average Bonchev–Trinajstić information content (AvgIpc) is 2.77. The molecule has 0 fully saturated rings. The van der Waals surface area contributed by atoms with Crippen LogP contribution in [-0.4, -0.2) is 24.9 Å². The summed E-state index contributed by atoms with van der Waals surface area (Å²) in [5.74, 6) is 0.162. The quantitative estimate of drug-likeness (QED) is 0.752. The highest BCUT2D eigenvalue weighted by Crippen LogP contribution is 2.33. The summed E-state index contributed by atoms with van der Waals surface area (Å²) in [6.07, 6.45) is 6.51. The van der Waals surface area contributed by atoms with Crippen LogP contribution in [-0.2, 0) is 9.59 Å². The lowest BCUT2D eigenvalue weighted by molar-refractivity contribution is -0.119. The zero-order valence-corrected chi connectivity index (χ0v) is 13.5. The summed E-state index contributed by atoms with van der Waals surface area (Å²) in [7, 11) is 0. The van der Waals surface area contributed by atoms with E-state index in [2.05, 4.69) is 13.2 Å². The predicted octanol–water partition coefficient (Wildman–Crippen LogP) is 3.69. The zero-order valence-electron chi connectivity index (χ0n) is 13.5. The minimum atomic E-state index is 0.0812. The molecule has 1 aromatic carbocycles. The van der Waals surface area contributed by atoms with Gasteiger partial charge in [0.1, 0.15) is 0 Å². The van der Waals surface area contributed by atoms with Gasteiger partial charge in [0.25, 0.3) is 0 Å². The predicted molar refractivity (Wildman–Crippen MR) is 94.6 cm³/mol. The SMILES string of the molecule is C=CCCC(=O)N1CCCN(C(=O)CCC=C)c2ccccc21. The molecule has 1 heterocycles. The van der Waals surface area contributed by atoms with Crippen molar-refractivity contribution in [3.8, 4) is 0 Å².